The van der Waals surface area contributed by atoms with E-state index in [4.69, 9.17) is 36.1 Å². The molecule has 11 heteroatoms. The van der Waals surface area contributed by atoms with Gasteiger partial charge in [0.2, 0.25) is 0 Å². The standard InChI is InChI=1S/C17H24ClN3O3.C2H2O4/c1-2-24-17(23)21-11-7-15(8-12-21)19-9-10-20-16(22)13-3-5-14(18)6-4-13;3-1(4)2(5)6/h3-6,15,19H,2,7-12H2,1H3,(H,20,22);(H,3,4)(H,5,6). The number of nitrogens with zero attached hydrogens (tertiary/aromatic N) is 1. The SMILES string of the molecule is CCOC(=O)N1CCC(NCCNC(=O)c2ccc(Cl)cc2)CC1.O=C(O)C(=O)O. The summed E-state index contributed by atoms with van der Waals surface area (Å²) in [6, 6.07) is 7.17. The van der Waals surface area contributed by atoms with E-state index in [0.717, 1.165) is 12.8 Å². The van der Waals surface area contributed by atoms with E-state index in [-0.39, 0.29) is 12.0 Å². The van der Waals surface area contributed by atoms with E-state index in [9.17, 15) is 9.59 Å². The molecule has 1 fully saturated rings. The zero-order chi connectivity index (χ0) is 22.5. The van der Waals surface area contributed by atoms with Crippen LogP contribution in [-0.2, 0) is 14.3 Å². The van der Waals surface area contributed by atoms with Crippen LogP contribution in [0.1, 0.15) is 30.1 Å². The minimum atomic E-state index is -1.82. The maximum Gasteiger partial charge on any atom is 0.414 e. The zero-order valence-corrected chi connectivity index (χ0v) is 17.4. The summed E-state index contributed by atoms with van der Waals surface area (Å²) in [4.78, 5) is 43.5. The number of rotatable bonds is 6. The highest BCUT2D eigenvalue weighted by Gasteiger charge is 2.22. The number of carbonyl (C=O) groups is 4. The molecular weight excluding hydrogens is 418 g/mol. The molecule has 1 heterocycles. The molecule has 1 aromatic carbocycles. The number of hydrogen-bond donors (Lipinski definition) is 4. The predicted molar refractivity (Wildman–Crippen MR) is 109 cm³/mol. The Bertz CT molecular complexity index is 707. The van der Waals surface area contributed by atoms with E-state index in [1.54, 1.807) is 29.2 Å². The lowest BCUT2D eigenvalue weighted by atomic mass is 10.1. The molecule has 1 aliphatic rings. The van der Waals surface area contributed by atoms with Crippen LogP contribution in [0.5, 0.6) is 0 Å². The van der Waals surface area contributed by atoms with Crippen LogP contribution in [0.3, 0.4) is 0 Å². The summed E-state index contributed by atoms with van der Waals surface area (Å²) in [5, 5.41) is 21.7. The number of aliphatic carboxylic acids is 2. The summed E-state index contributed by atoms with van der Waals surface area (Å²) < 4.78 is 5.00. The molecule has 30 heavy (non-hydrogen) atoms. The van der Waals surface area contributed by atoms with Crippen molar-refractivity contribution >= 4 is 35.5 Å². The van der Waals surface area contributed by atoms with Gasteiger partial charge in [0.15, 0.2) is 0 Å². The Balaban J connectivity index is 0.000000656. The van der Waals surface area contributed by atoms with E-state index >= 15 is 0 Å². The van der Waals surface area contributed by atoms with Crippen LogP contribution in [0.25, 0.3) is 0 Å². The zero-order valence-electron chi connectivity index (χ0n) is 16.6. The second-order valence-corrected chi connectivity index (χ2v) is 6.72. The van der Waals surface area contributed by atoms with Gasteiger partial charge in [-0.25, -0.2) is 14.4 Å². The molecule has 4 N–H and O–H groups in total. The average molecular weight is 444 g/mol. The van der Waals surface area contributed by atoms with Crippen LogP contribution in [0.2, 0.25) is 5.02 Å². The van der Waals surface area contributed by atoms with Gasteiger partial charge in [-0.05, 0) is 44.0 Å². The van der Waals surface area contributed by atoms with Crippen LogP contribution < -0.4 is 10.6 Å². The van der Waals surface area contributed by atoms with Gasteiger partial charge in [0.1, 0.15) is 0 Å². The predicted octanol–water partition coefficient (Wildman–Crippen LogP) is 1.44. The normalized spacial score (nSPS) is 13.6. The molecular formula is C19H26ClN3O7. The molecule has 0 atom stereocenters. The summed E-state index contributed by atoms with van der Waals surface area (Å²) in [7, 11) is 0. The maximum absolute atomic E-state index is 11.9. The van der Waals surface area contributed by atoms with Crippen LogP contribution in [0.4, 0.5) is 4.79 Å². The second kappa shape index (κ2) is 13.4. The Morgan fingerprint density at radius 2 is 1.63 bits per heavy atom. The highest BCUT2D eigenvalue weighted by molar-refractivity contribution is 6.30. The molecule has 1 aliphatic heterocycles. The summed E-state index contributed by atoms with van der Waals surface area (Å²) in [6.45, 7) is 4.87. The fraction of sp³-hybridized carbons (Fsp3) is 0.474. The number of likely N-dealkylation sites (tertiary alicyclic amines) is 1. The van der Waals surface area contributed by atoms with E-state index in [1.807, 2.05) is 6.92 Å². The van der Waals surface area contributed by atoms with E-state index in [1.165, 1.54) is 0 Å². The second-order valence-electron chi connectivity index (χ2n) is 6.29. The third-order valence-corrected chi connectivity index (χ3v) is 4.41. The minimum absolute atomic E-state index is 0.106. The van der Waals surface area contributed by atoms with Gasteiger partial charge in [0.25, 0.3) is 5.91 Å². The third kappa shape index (κ3) is 9.57. The van der Waals surface area contributed by atoms with Crippen molar-refractivity contribution in [3.05, 3.63) is 34.9 Å². The molecule has 0 spiro atoms. The smallest absolute Gasteiger partial charge is 0.414 e. The van der Waals surface area contributed by atoms with Crippen molar-refractivity contribution in [1.29, 1.82) is 0 Å². The van der Waals surface area contributed by atoms with Crippen molar-refractivity contribution in [2.24, 2.45) is 0 Å². The fourth-order valence-corrected chi connectivity index (χ4v) is 2.76. The molecule has 1 saturated heterocycles. The van der Waals surface area contributed by atoms with Crippen LogP contribution in [-0.4, -0.2) is 77.9 Å². The quantitative estimate of drug-likeness (QED) is 0.381. The van der Waals surface area contributed by atoms with E-state index < -0.39 is 11.9 Å². The van der Waals surface area contributed by atoms with Gasteiger partial charge in [-0.15, -0.1) is 0 Å². The first-order valence-electron chi connectivity index (χ1n) is 9.39. The fourth-order valence-electron chi connectivity index (χ4n) is 2.64. The number of piperidine rings is 1. The monoisotopic (exact) mass is 443 g/mol. The lowest BCUT2D eigenvalue weighted by molar-refractivity contribution is -0.159. The molecule has 0 radical (unpaired) electrons. The first kappa shape index (κ1) is 25.2. The topological polar surface area (TPSA) is 145 Å². The number of amides is 2. The Morgan fingerprint density at radius 1 is 1.07 bits per heavy atom. The molecule has 1 aromatic rings. The maximum atomic E-state index is 11.9. The Labute approximate surface area is 179 Å². The lowest BCUT2D eigenvalue weighted by Gasteiger charge is -2.31. The molecule has 0 bridgehead atoms. The summed E-state index contributed by atoms with van der Waals surface area (Å²) in [5.41, 5.74) is 0.599. The van der Waals surface area contributed by atoms with Gasteiger partial charge in [-0.3, -0.25) is 4.79 Å². The molecule has 0 aliphatic carbocycles. The summed E-state index contributed by atoms with van der Waals surface area (Å²) >= 11 is 5.80. The van der Waals surface area contributed by atoms with Gasteiger partial charge in [-0.2, -0.15) is 0 Å². The number of ether oxygens (including phenoxy) is 1. The number of carboxylic acids is 2. The Hall–Kier alpha value is -2.85. The van der Waals surface area contributed by atoms with Gasteiger partial charge in [0.05, 0.1) is 6.61 Å². The van der Waals surface area contributed by atoms with Crippen molar-refractivity contribution in [1.82, 2.24) is 15.5 Å². The van der Waals surface area contributed by atoms with Crippen molar-refractivity contribution in [3.63, 3.8) is 0 Å². The van der Waals surface area contributed by atoms with Gasteiger partial charge >= 0.3 is 18.0 Å². The number of benzene rings is 1. The molecule has 2 rings (SSSR count). The largest absolute Gasteiger partial charge is 0.473 e. The van der Waals surface area contributed by atoms with Gasteiger partial charge < -0.3 is 30.5 Å². The molecule has 0 saturated carbocycles. The minimum Gasteiger partial charge on any atom is -0.473 e. The number of carboxylic acid groups (broad SMARTS) is 2. The molecule has 10 nitrogen and oxygen atoms in total. The van der Waals surface area contributed by atoms with Crippen LogP contribution in [0, 0.1) is 0 Å². The number of carbonyl (C=O) groups excluding carboxylic acids is 2. The van der Waals surface area contributed by atoms with Crippen LogP contribution >= 0.6 is 11.6 Å². The molecule has 0 unspecified atom stereocenters. The van der Waals surface area contributed by atoms with Crippen LogP contribution in [0.15, 0.2) is 24.3 Å². The van der Waals surface area contributed by atoms with Crippen molar-refractivity contribution in [2.45, 2.75) is 25.8 Å². The van der Waals surface area contributed by atoms with Crippen molar-refractivity contribution in [2.75, 3.05) is 32.8 Å². The first-order chi connectivity index (χ1) is 14.2. The number of nitrogens with one attached hydrogen (secondary N) is 2. The van der Waals surface area contributed by atoms with Gasteiger partial charge in [0, 0.05) is 42.8 Å². The Kier molecular flexibility index (Phi) is 11.2. The average Bonchev–Trinajstić information content (AvgIpc) is 2.72. The van der Waals surface area contributed by atoms with Gasteiger partial charge in [-0.1, -0.05) is 11.6 Å². The molecule has 2 amide bonds. The first-order valence-corrected chi connectivity index (χ1v) is 9.77. The van der Waals surface area contributed by atoms with E-state index in [2.05, 4.69) is 10.6 Å². The highest BCUT2D eigenvalue weighted by Crippen LogP contribution is 2.11. The summed E-state index contributed by atoms with van der Waals surface area (Å²) in [5.74, 6) is -3.75. The molecule has 166 valence electrons. The van der Waals surface area contributed by atoms with Crippen molar-refractivity contribution in [3.8, 4) is 0 Å². The number of halogens is 1. The summed E-state index contributed by atoms with van der Waals surface area (Å²) in [6.07, 6.45) is 1.56. The lowest BCUT2D eigenvalue weighted by Crippen LogP contribution is -2.46. The van der Waals surface area contributed by atoms with Crippen molar-refractivity contribution < 1.29 is 34.1 Å². The Morgan fingerprint density at radius 3 is 2.13 bits per heavy atom. The highest BCUT2D eigenvalue weighted by atomic mass is 35.5. The molecule has 0 aromatic heterocycles. The third-order valence-electron chi connectivity index (χ3n) is 4.15. The number of hydrogen-bond acceptors (Lipinski definition) is 6. The van der Waals surface area contributed by atoms with E-state index in [0.29, 0.717) is 49.4 Å².